The highest BCUT2D eigenvalue weighted by molar-refractivity contribution is 6.01. The summed E-state index contributed by atoms with van der Waals surface area (Å²) in [4.78, 5) is 38.7. The number of imide groups is 1. The molecule has 11 nitrogen and oxygen atoms in total. The van der Waals surface area contributed by atoms with E-state index in [9.17, 15) is 29.7 Å². The number of unbranched alkanes of at least 4 members (excludes halogenated alkanes) is 8. The van der Waals surface area contributed by atoms with Crippen LogP contribution in [0, 0.1) is 0 Å². The molecule has 3 rings (SSSR count). The van der Waals surface area contributed by atoms with Crippen LogP contribution in [0.1, 0.15) is 97.3 Å². The van der Waals surface area contributed by atoms with Gasteiger partial charge in [-0.25, -0.2) is 4.79 Å². The van der Waals surface area contributed by atoms with Gasteiger partial charge in [-0.05, 0) is 26.2 Å². The quantitative estimate of drug-likeness (QED) is 0.177. The number of amides is 3. The number of hydrogen-bond acceptors (Lipinski definition) is 9. The maximum absolute atomic E-state index is 12.7. The molecule has 7 atom stereocenters. The highest BCUT2D eigenvalue weighted by Crippen LogP contribution is 2.31. The average Bonchev–Trinajstić information content (AvgIpc) is 3.49. The van der Waals surface area contributed by atoms with E-state index in [-0.39, 0.29) is 18.2 Å². The first-order valence-corrected chi connectivity index (χ1v) is 14.6. The van der Waals surface area contributed by atoms with Crippen LogP contribution in [0.15, 0.2) is 11.8 Å². The number of carbonyl (C=O) groups is 3. The van der Waals surface area contributed by atoms with Crippen molar-refractivity contribution >= 4 is 17.9 Å². The molecule has 0 unspecified atom stereocenters. The number of carbonyl (C=O) groups excluding carboxylic acids is 3. The molecule has 0 saturated carbocycles. The van der Waals surface area contributed by atoms with E-state index in [0.717, 1.165) is 38.2 Å². The second kappa shape index (κ2) is 15.7. The summed E-state index contributed by atoms with van der Waals surface area (Å²) in [7, 11) is 0. The lowest BCUT2D eigenvalue weighted by molar-refractivity contribution is -0.304. The molecule has 3 saturated heterocycles. The first kappa shape index (κ1) is 31.5. The largest absolute Gasteiger partial charge is 0.415 e. The van der Waals surface area contributed by atoms with Crippen molar-refractivity contribution in [3.63, 3.8) is 0 Å². The van der Waals surface area contributed by atoms with E-state index in [2.05, 4.69) is 12.2 Å². The third-order valence-corrected chi connectivity index (χ3v) is 7.73. The molecule has 0 bridgehead atoms. The molecule has 3 amide bonds. The number of nitrogens with zero attached hydrogens (tertiary/aromatic N) is 1. The monoisotopic (exact) mass is 554 g/mol. The van der Waals surface area contributed by atoms with Gasteiger partial charge in [-0.15, -0.1) is 0 Å². The second-order valence-electron chi connectivity index (χ2n) is 10.9. The molecular weight excluding hydrogens is 508 g/mol. The number of rotatable bonds is 15. The van der Waals surface area contributed by atoms with Gasteiger partial charge in [0.05, 0.1) is 24.7 Å². The number of ether oxygens (including phenoxy) is 3. The van der Waals surface area contributed by atoms with Crippen molar-refractivity contribution in [2.24, 2.45) is 0 Å². The minimum absolute atomic E-state index is 0.166. The van der Waals surface area contributed by atoms with E-state index in [4.69, 9.17) is 14.2 Å². The van der Waals surface area contributed by atoms with Crippen LogP contribution in [0.25, 0.3) is 0 Å². The van der Waals surface area contributed by atoms with Crippen molar-refractivity contribution < 1.29 is 43.9 Å². The highest BCUT2D eigenvalue weighted by Gasteiger charge is 2.44. The van der Waals surface area contributed by atoms with Gasteiger partial charge in [0.25, 0.3) is 5.91 Å². The molecule has 0 aliphatic carbocycles. The first-order valence-electron chi connectivity index (χ1n) is 14.6. The molecule has 3 heterocycles. The zero-order chi connectivity index (χ0) is 28.4. The SMILES string of the molecule is CCCCCCCCCCC[C@H](CC(=O)NC(=O)/C=C1/OC(=O)N2CCC[C@@H]12)O[C@@H]1O[C@@H](C)[C@H](O)[C@@H](O)[C@H]1O. The summed E-state index contributed by atoms with van der Waals surface area (Å²) in [6.07, 6.45) is 5.81. The van der Waals surface area contributed by atoms with Crippen LogP contribution in [0.2, 0.25) is 0 Å². The molecule has 0 radical (unpaired) electrons. The summed E-state index contributed by atoms with van der Waals surface area (Å²) in [6.45, 7) is 4.34. The summed E-state index contributed by atoms with van der Waals surface area (Å²) in [6, 6.07) is -0.269. The van der Waals surface area contributed by atoms with E-state index in [1.807, 2.05) is 0 Å². The third-order valence-electron chi connectivity index (χ3n) is 7.73. The zero-order valence-electron chi connectivity index (χ0n) is 23.3. The molecule has 3 aliphatic rings. The second-order valence-corrected chi connectivity index (χ2v) is 10.9. The fourth-order valence-electron chi connectivity index (χ4n) is 5.41. The molecule has 39 heavy (non-hydrogen) atoms. The molecule has 11 heteroatoms. The number of aliphatic hydroxyl groups excluding tert-OH is 3. The van der Waals surface area contributed by atoms with Crippen LogP contribution in [0.3, 0.4) is 0 Å². The lowest BCUT2D eigenvalue weighted by Gasteiger charge is -2.40. The maximum Gasteiger partial charge on any atom is 0.415 e. The van der Waals surface area contributed by atoms with Crippen LogP contribution >= 0.6 is 0 Å². The Morgan fingerprint density at radius 2 is 1.72 bits per heavy atom. The summed E-state index contributed by atoms with van der Waals surface area (Å²) in [5, 5.41) is 32.8. The summed E-state index contributed by atoms with van der Waals surface area (Å²) in [5.41, 5.74) is 0. The molecule has 0 aromatic carbocycles. The topological polar surface area (TPSA) is 155 Å². The normalized spacial score (nSPS) is 30.3. The van der Waals surface area contributed by atoms with Gasteiger partial charge in [-0.2, -0.15) is 0 Å². The van der Waals surface area contributed by atoms with Crippen molar-refractivity contribution in [1.29, 1.82) is 0 Å². The van der Waals surface area contributed by atoms with E-state index in [1.165, 1.54) is 32.1 Å². The first-order chi connectivity index (χ1) is 18.7. The van der Waals surface area contributed by atoms with Crippen LogP contribution in [-0.4, -0.2) is 87.5 Å². The molecule has 0 aromatic heterocycles. The average molecular weight is 555 g/mol. The summed E-state index contributed by atoms with van der Waals surface area (Å²) < 4.78 is 16.7. The Balaban J connectivity index is 1.51. The van der Waals surface area contributed by atoms with E-state index in [1.54, 1.807) is 11.8 Å². The Kier molecular flexibility index (Phi) is 12.6. The molecule has 3 fully saturated rings. The highest BCUT2D eigenvalue weighted by atomic mass is 16.7. The van der Waals surface area contributed by atoms with Crippen molar-refractivity contribution in [2.45, 2.75) is 140 Å². The number of cyclic esters (lactones) is 1. The molecule has 3 aliphatic heterocycles. The summed E-state index contributed by atoms with van der Waals surface area (Å²) >= 11 is 0. The van der Waals surface area contributed by atoms with Gasteiger partial charge >= 0.3 is 6.09 Å². The Labute approximate surface area is 230 Å². The van der Waals surface area contributed by atoms with Gasteiger partial charge in [0.15, 0.2) is 6.29 Å². The van der Waals surface area contributed by atoms with Gasteiger partial charge in [0, 0.05) is 12.6 Å². The van der Waals surface area contributed by atoms with Gasteiger partial charge in [0.2, 0.25) is 5.91 Å². The lowest BCUT2D eigenvalue weighted by atomic mass is 9.99. The van der Waals surface area contributed by atoms with E-state index >= 15 is 0 Å². The fourth-order valence-corrected chi connectivity index (χ4v) is 5.41. The molecular formula is C28H46N2O9. The van der Waals surface area contributed by atoms with Crippen molar-refractivity contribution in [3.05, 3.63) is 11.8 Å². The Hall–Kier alpha value is -2.05. The molecule has 222 valence electrons. The van der Waals surface area contributed by atoms with Crippen LogP contribution in [-0.2, 0) is 23.8 Å². The number of nitrogens with one attached hydrogen (secondary N) is 1. The Morgan fingerprint density at radius 3 is 2.41 bits per heavy atom. The van der Waals surface area contributed by atoms with Crippen molar-refractivity contribution in [2.75, 3.05) is 6.54 Å². The standard InChI is InChI=1S/C28H46N2O9/c1-3-4-5-6-7-8-9-10-11-13-19(38-27-26(35)25(34)24(33)18(2)37-27)16-22(31)29-23(32)17-21-20-14-12-15-30(20)28(36)39-21/h17-20,24-27,33-35H,3-16H2,1-2H3,(H,29,31,32)/b21-17+/t18-,19+,20-,24-,25+,26+,27-/m0/s1. The third kappa shape index (κ3) is 9.24. The van der Waals surface area contributed by atoms with E-state index in [0.29, 0.717) is 19.4 Å². The van der Waals surface area contributed by atoms with Crippen LogP contribution in [0.4, 0.5) is 4.79 Å². The maximum atomic E-state index is 12.7. The minimum atomic E-state index is -1.48. The Morgan fingerprint density at radius 1 is 1.05 bits per heavy atom. The number of aliphatic hydroxyl groups is 3. The predicted molar refractivity (Wildman–Crippen MR) is 141 cm³/mol. The zero-order valence-corrected chi connectivity index (χ0v) is 23.3. The fraction of sp³-hybridized carbons (Fsp3) is 0.821. The van der Waals surface area contributed by atoms with Gasteiger partial charge in [-0.3, -0.25) is 19.8 Å². The molecule has 4 N–H and O–H groups in total. The number of fused-ring (bicyclic) bond motifs is 1. The molecule has 0 aromatic rings. The smallest absolute Gasteiger partial charge is 0.412 e. The summed E-state index contributed by atoms with van der Waals surface area (Å²) in [5.74, 6) is -1.02. The lowest BCUT2D eigenvalue weighted by Crippen LogP contribution is -2.58. The van der Waals surface area contributed by atoms with Gasteiger partial charge in [-0.1, -0.05) is 64.7 Å². The van der Waals surface area contributed by atoms with Crippen LogP contribution in [0.5, 0.6) is 0 Å². The van der Waals surface area contributed by atoms with Gasteiger partial charge in [0.1, 0.15) is 24.1 Å². The predicted octanol–water partition coefficient (Wildman–Crippen LogP) is 2.65. The van der Waals surface area contributed by atoms with Crippen LogP contribution < -0.4 is 5.32 Å². The Bertz CT molecular complexity index is 851. The van der Waals surface area contributed by atoms with Crippen molar-refractivity contribution in [3.8, 4) is 0 Å². The number of hydrogen-bond donors (Lipinski definition) is 4. The van der Waals surface area contributed by atoms with E-state index < -0.39 is 54.7 Å². The van der Waals surface area contributed by atoms with Crippen molar-refractivity contribution in [1.82, 2.24) is 10.2 Å². The van der Waals surface area contributed by atoms with Gasteiger partial charge < -0.3 is 29.5 Å². The minimum Gasteiger partial charge on any atom is -0.412 e. The molecule has 0 spiro atoms.